The minimum absolute atomic E-state index is 0.194. The minimum Gasteiger partial charge on any atom is -0.481 e. The van der Waals surface area contributed by atoms with Crippen molar-refractivity contribution in [2.45, 2.75) is 39.0 Å². The van der Waals surface area contributed by atoms with Gasteiger partial charge in [-0.15, -0.1) is 0 Å². The number of carboxylic acids is 1. The largest absolute Gasteiger partial charge is 0.481 e. The molecule has 0 aliphatic heterocycles. The summed E-state index contributed by atoms with van der Waals surface area (Å²) in [6.45, 7) is 2.79. The molecule has 3 nitrogen and oxygen atoms in total. The molecule has 0 aromatic heterocycles. The fraction of sp³-hybridized carbons (Fsp3) is 0.909. The summed E-state index contributed by atoms with van der Waals surface area (Å²) in [5.41, 5.74) is 5.62. The molecule has 1 atom stereocenters. The molecule has 0 radical (unpaired) electrons. The molecule has 0 amide bonds. The van der Waals surface area contributed by atoms with E-state index in [1.807, 2.05) is 0 Å². The zero-order valence-corrected chi connectivity index (χ0v) is 8.91. The molecule has 0 unspecified atom stereocenters. The van der Waals surface area contributed by atoms with Crippen LogP contribution in [0.2, 0.25) is 0 Å². The highest BCUT2D eigenvalue weighted by Crippen LogP contribution is 2.34. The highest BCUT2D eigenvalue weighted by Gasteiger charge is 2.26. The lowest BCUT2D eigenvalue weighted by molar-refractivity contribution is -0.138. The van der Waals surface area contributed by atoms with E-state index >= 15 is 0 Å². The highest BCUT2D eigenvalue weighted by molar-refractivity contribution is 5.67. The van der Waals surface area contributed by atoms with Gasteiger partial charge in [-0.05, 0) is 37.1 Å². The third kappa shape index (κ3) is 3.29. The van der Waals surface area contributed by atoms with E-state index in [9.17, 15) is 4.79 Å². The van der Waals surface area contributed by atoms with Crippen LogP contribution < -0.4 is 5.73 Å². The Kier molecular flexibility index (Phi) is 4.39. The summed E-state index contributed by atoms with van der Waals surface area (Å²) in [7, 11) is 0. The Balaban J connectivity index is 2.40. The molecule has 3 N–H and O–H groups in total. The second kappa shape index (κ2) is 5.35. The van der Waals surface area contributed by atoms with Crippen LogP contribution in [0.25, 0.3) is 0 Å². The van der Waals surface area contributed by atoms with Gasteiger partial charge in [0.2, 0.25) is 0 Å². The SMILES string of the molecule is CC1CCC([C@H](CN)CC(=O)O)CC1. The van der Waals surface area contributed by atoms with Gasteiger partial charge >= 0.3 is 5.97 Å². The smallest absolute Gasteiger partial charge is 0.303 e. The molecule has 0 saturated heterocycles. The van der Waals surface area contributed by atoms with Crippen LogP contribution in [0.15, 0.2) is 0 Å². The lowest BCUT2D eigenvalue weighted by Gasteiger charge is -2.31. The zero-order chi connectivity index (χ0) is 10.6. The fourth-order valence-corrected chi connectivity index (χ4v) is 2.42. The van der Waals surface area contributed by atoms with Crippen molar-refractivity contribution < 1.29 is 9.90 Å². The summed E-state index contributed by atoms with van der Waals surface area (Å²) in [6.07, 6.45) is 5.05. The molecule has 1 aliphatic carbocycles. The van der Waals surface area contributed by atoms with Gasteiger partial charge in [0.1, 0.15) is 0 Å². The molecule has 0 aromatic rings. The lowest BCUT2D eigenvalue weighted by atomic mass is 9.75. The van der Waals surface area contributed by atoms with Crippen molar-refractivity contribution in [3.05, 3.63) is 0 Å². The average molecular weight is 199 g/mol. The summed E-state index contributed by atoms with van der Waals surface area (Å²) < 4.78 is 0. The highest BCUT2D eigenvalue weighted by atomic mass is 16.4. The fourth-order valence-electron chi connectivity index (χ4n) is 2.42. The maximum atomic E-state index is 10.6. The van der Waals surface area contributed by atoms with Crippen molar-refractivity contribution in [2.75, 3.05) is 6.54 Å². The van der Waals surface area contributed by atoms with Gasteiger partial charge in [-0.25, -0.2) is 0 Å². The van der Waals surface area contributed by atoms with Gasteiger partial charge in [0, 0.05) is 6.42 Å². The van der Waals surface area contributed by atoms with Gasteiger partial charge in [0.05, 0.1) is 0 Å². The van der Waals surface area contributed by atoms with Crippen LogP contribution in [0.3, 0.4) is 0 Å². The summed E-state index contributed by atoms with van der Waals surface area (Å²) in [5, 5.41) is 8.74. The predicted molar refractivity (Wildman–Crippen MR) is 55.9 cm³/mol. The molecule has 14 heavy (non-hydrogen) atoms. The van der Waals surface area contributed by atoms with Gasteiger partial charge in [-0.3, -0.25) is 4.79 Å². The van der Waals surface area contributed by atoms with Gasteiger partial charge in [-0.2, -0.15) is 0 Å². The molecule has 1 saturated carbocycles. The predicted octanol–water partition coefficient (Wildman–Crippen LogP) is 1.86. The van der Waals surface area contributed by atoms with E-state index in [2.05, 4.69) is 6.92 Å². The van der Waals surface area contributed by atoms with Crippen LogP contribution in [-0.2, 0) is 4.79 Å². The molecule has 1 aliphatic rings. The van der Waals surface area contributed by atoms with E-state index in [-0.39, 0.29) is 12.3 Å². The normalized spacial score (nSPS) is 29.9. The first kappa shape index (κ1) is 11.5. The average Bonchev–Trinajstić information content (AvgIpc) is 2.15. The molecule has 0 spiro atoms. The Labute approximate surface area is 85.7 Å². The molecule has 82 valence electrons. The standard InChI is InChI=1S/C11H21NO2/c1-8-2-4-9(5-3-8)10(7-12)6-11(13)14/h8-10H,2-7,12H2,1H3,(H,13,14)/t8?,9?,10-/m0/s1. The second-order valence-electron chi connectivity index (χ2n) is 4.61. The first-order valence-electron chi connectivity index (χ1n) is 5.55. The molecule has 3 heteroatoms. The van der Waals surface area contributed by atoms with E-state index in [4.69, 9.17) is 10.8 Å². The Bertz CT molecular complexity index is 186. The zero-order valence-electron chi connectivity index (χ0n) is 8.91. The first-order valence-corrected chi connectivity index (χ1v) is 5.55. The lowest BCUT2D eigenvalue weighted by Crippen LogP contribution is -2.28. The van der Waals surface area contributed by atoms with Crippen molar-refractivity contribution in [1.82, 2.24) is 0 Å². The van der Waals surface area contributed by atoms with Crippen LogP contribution in [-0.4, -0.2) is 17.6 Å². The quantitative estimate of drug-likeness (QED) is 0.726. The maximum Gasteiger partial charge on any atom is 0.303 e. The topological polar surface area (TPSA) is 63.3 Å². The second-order valence-corrected chi connectivity index (χ2v) is 4.61. The maximum absolute atomic E-state index is 10.6. The Hall–Kier alpha value is -0.570. The van der Waals surface area contributed by atoms with Gasteiger partial charge in [0.15, 0.2) is 0 Å². The number of hydrogen-bond acceptors (Lipinski definition) is 2. The first-order chi connectivity index (χ1) is 6.63. The number of carboxylic acid groups (broad SMARTS) is 1. The van der Waals surface area contributed by atoms with E-state index in [1.54, 1.807) is 0 Å². The molecule has 0 heterocycles. The van der Waals surface area contributed by atoms with E-state index in [0.717, 1.165) is 18.8 Å². The third-order valence-electron chi connectivity index (χ3n) is 3.47. The Morgan fingerprint density at radius 2 is 2.00 bits per heavy atom. The number of rotatable bonds is 4. The summed E-state index contributed by atoms with van der Waals surface area (Å²) in [6, 6.07) is 0. The van der Waals surface area contributed by atoms with Crippen LogP contribution in [0.1, 0.15) is 39.0 Å². The molecular formula is C11H21NO2. The van der Waals surface area contributed by atoms with Crippen molar-refractivity contribution in [3.8, 4) is 0 Å². The van der Waals surface area contributed by atoms with Gasteiger partial charge in [0.25, 0.3) is 0 Å². The molecule has 1 rings (SSSR count). The van der Waals surface area contributed by atoms with Crippen molar-refractivity contribution >= 4 is 5.97 Å². The summed E-state index contributed by atoms with van der Waals surface area (Å²) in [4.78, 5) is 10.6. The summed E-state index contributed by atoms with van der Waals surface area (Å²) >= 11 is 0. The molecular weight excluding hydrogens is 178 g/mol. The number of hydrogen-bond donors (Lipinski definition) is 2. The van der Waals surface area contributed by atoms with Crippen molar-refractivity contribution in [2.24, 2.45) is 23.5 Å². The minimum atomic E-state index is -0.709. The number of aliphatic carboxylic acids is 1. The summed E-state index contributed by atoms with van der Waals surface area (Å²) in [5.74, 6) is 0.848. The Morgan fingerprint density at radius 3 is 2.43 bits per heavy atom. The van der Waals surface area contributed by atoms with Crippen molar-refractivity contribution in [1.29, 1.82) is 0 Å². The van der Waals surface area contributed by atoms with Gasteiger partial charge < -0.3 is 10.8 Å². The molecule has 0 bridgehead atoms. The van der Waals surface area contributed by atoms with Crippen molar-refractivity contribution in [3.63, 3.8) is 0 Å². The van der Waals surface area contributed by atoms with Gasteiger partial charge in [-0.1, -0.05) is 19.8 Å². The van der Waals surface area contributed by atoms with Crippen LogP contribution in [0, 0.1) is 17.8 Å². The van der Waals surface area contributed by atoms with Crippen LogP contribution >= 0.6 is 0 Å². The monoisotopic (exact) mass is 199 g/mol. The van der Waals surface area contributed by atoms with E-state index < -0.39 is 5.97 Å². The molecule has 1 fully saturated rings. The van der Waals surface area contributed by atoms with E-state index in [0.29, 0.717) is 12.5 Å². The number of nitrogens with two attached hydrogens (primary N) is 1. The molecule has 0 aromatic carbocycles. The number of carbonyl (C=O) groups is 1. The van der Waals surface area contributed by atoms with E-state index in [1.165, 1.54) is 12.8 Å². The Morgan fingerprint density at radius 1 is 1.43 bits per heavy atom. The third-order valence-corrected chi connectivity index (χ3v) is 3.47. The van der Waals surface area contributed by atoms with Crippen LogP contribution in [0.5, 0.6) is 0 Å². The van der Waals surface area contributed by atoms with Crippen LogP contribution in [0.4, 0.5) is 0 Å².